The molecule has 21 heavy (non-hydrogen) atoms. The number of halogens is 2. The third-order valence-corrected chi connectivity index (χ3v) is 4.03. The maximum atomic E-state index is 13.3. The third kappa shape index (κ3) is 4.97. The SMILES string of the molecule is CC(=O)N[C@@H](CSc1cc(Br)c(F)cc1[N+](=O)[O-])C(=O)O. The molecule has 0 fully saturated rings. The summed E-state index contributed by atoms with van der Waals surface area (Å²) < 4.78 is 13.3. The molecule has 0 heterocycles. The largest absolute Gasteiger partial charge is 0.480 e. The molecule has 0 aliphatic heterocycles. The van der Waals surface area contributed by atoms with Crippen LogP contribution in [0.2, 0.25) is 0 Å². The standard InChI is InChI=1S/C11H10BrFN2O5S/c1-5(16)14-8(11(17)18)4-21-10-2-6(12)7(13)3-9(10)15(19)20/h2-3,8H,4H2,1H3,(H,14,16)(H,17,18)/t8-/m0/s1. The molecule has 0 spiro atoms. The Kier molecular flexibility index (Phi) is 6.09. The van der Waals surface area contributed by atoms with Gasteiger partial charge in [-0.1, -0.05) is 0 Å². The van der Waals surface area contributed by atoms with Gasteiger partial charge >= 0.3 is 5.97 Å². The fourth-order valence-corrected chi connectivity index (χ4v) is 2.92. The zero-order valence-corrected chi connectivity index (χ0v) is 13.0. The van der Waals surface area contributed by atoms with Crippen molar-refractivity contribution in [2.45, 2.75) is 17.9 Å². The number of carbonyl (C=O) groups excluding carboxylic acids is 1. The number of benzene rings is 1. The predicted octanol–water partition coefficient (Wildman–Crippen LogP) is 2.18. The summed E-state index contributed by atoms with van der Waals surface area (Å²) in [5, 5.41) is 22.0. The van der Waals surface area contributed by atoms with Crippen LogP contribution in [0.25, 0.3) is 0 Å². The van der Waals surface area contributed by atoms with Crippen LogP contribution in [0, 0.1) is 15.9 Å². The highest BCUT2D eigenvalue weighted by atomic mass is 79.9. The van der Waals surface area contributed by atoms with Crippen LogP contribution in [0.5, 0.6) is 0 Å². The first kappa shape index (κ1) is 17.4. The second kappa shape index (κ2) is 7.36. The normalized spacial score (nSPS) is 11.8. The van der Waals surface area contributed by atoms with E-state index in [9.17, 15) is 24.1 Å². The number of nitro benzene ring substituents is 1. The Bertz CT molecular complexity index is 598. The summed E-state index contributed by atoms with van der Waals surface area (Å²) in [5.41, 5.74) is -0.465. The van der Waals surface area contributed by atoms with Gasteiger partial charge in [0.05, 0.1) is 20.4 Å². The summed E-state index contributed by atoms with van der Waals surface area (Å²) in [5.74, 6) is -2.71. The summed E-state index contributed by atoms with van der Waals surface area (Å²) in [6.45, 7) is 1.16. The molecule has 0 saturated carbocycles. The number of thioether (sulfide) groups is 1. The summed E-state index contributed by atoms with van der Waals surface area (Å²) in [6.07, 6.45) is 0. The Hall–Kier alpha value is -1.68. The number of nitrogens with zero attached hydrogens (tertiary/aromatic N) is 1. The number of rotatable bonds is 6. The van der Waals surface area contributed by atoms with Crippen LogP contribution in [0.15, 0.2) is 21.5 Å². The van der Waals surface area contributed by atoms with Crippen molar-refractivity contribution in [2.75, 3.05) is 5.75 Å². The number of nitrogens with one attached hydrogen (secondary N) is 1. The second-order valence-electron chi connectivity index (χ2n) is 3.89. The van der Waals surface area contributed by atoms with E-state index in [1.807, 2.05) is 0 Å². The highest BCUT2D eigenvalue weighted by Gasteiger charge is 2.23. The molecule has 0 unspecified atom stereocenters. The van der Waals surface area contributed by atoms with Crippen LogP contribution in [0.3, 0.4) is 0 Å². The third-order valence-electron chi connectivity index (χ3n) is 2.28. The molecule has 0 saturated heterocycles. The number of carboxylic acids is 1. The lowest BCUT2D eigenvalue weighted by Gasteiger charge is -2.13. The van der Waals surface area contributed by atoms with Gasteiger partial charge in [-0.15, -0.1) is 11.8 Å². The van der Waals surface area contributed by atoms with Gasteiger partial charge in [0.1, 0.15) is 11.9 Å². The van der Waals surface area contributed by atoms with E-state index in [1.165, 1.54) is 6.07 Å². The number of hydrogen-bond donors (Lipinski definition) is 2. The predicted molar refractivity (Wildman–Crippen MR) is 76.7 cm³/mol. The fraction of sp³-hybridized carbons (Fsp3) is 0.273. The molecule has 7 nitrogen and oxygen atoms in total. The first-order valence-electron chi connectivity index (χ1n) is 5.48. The topological polar surface area (TPSA) is 110 Å². The molecule has 1 rings (SSSR count). The van der Waals surface area contributed by atoms with Crippen molar-refractivity contribution in [3.05, 3.63) is 32.5 Å². The summed E-state index contributed by atoms with van der Waals surface area (Å²) in [7, 11) is 0. The average Bonchev–Trinajstić information content (AvgIpc) is 2.36. The lowest BCUT2D eigenvalue weighted by molar-refractivity contribution is -0.387. The van der Waals surface area contributed by atoms with Gasteiger partial charge in [0.2, 0.25) is 5.91 Å². The van der Waals surface area contributed by atoms with Gasteiger partial charge in [0.25, 0.3) is 5.69 Å². The highest BCUT2D eigenvalue weighted by Crippen LogP contribution is 2.34. The monoisotopic (exact) mass is 380 g/mol. The first-order chi connectivity index (χ1) is 9.72. The zero-order valence-electron chi connectivity index (χ0n) is 10.6. The molecule has 114 valence electrons. The van der Waals surface area contributed by atoms with Gasteiger partial charge in [0, 0.05) is 12.7 Å². The lowest BCUT2D eigenvalue weighted by atomic mass is 10.3. The van der Waals surface area contributed by atoms with Crippen LogP contribution >= 0.6 is 27.7 Å². The van der Waals surface area contributed by atoms with Crippen LogP contribution < -0.4 is 5.32 Å². The molecule has 1 aromatic rings. The van der Waals surface area contributed by atoms with Gasteiger partial charge in [0.15, 0.2) is 0 Å². The molecule has 0 aromatic heterocycles. The Labute approximate surface area is 131 Å². The average molecular weight is 381 g/mol. The van der Waals surface area contributed by atoms with E-state index < -0.39 is 34.3 Å². The van der Waals surface area contributed by atoms with Crippen LogP contribution in [0.1, 0.15) is 6.92 Å². The molecule has 1 amide bonds. The number of hydrogen-bond acceptors (Lipinski definition) is 5. The smallest absolute Gasteiger partial charge is 0.327 e. The maximum Gasteiger partial charge on any atom is 0.327 e. The quantitative estimate of drug-likeness (QED) is 0.444. The summed E-state index contributed by atoms with van der Waals surface area (Å²) in [6, 6.07) is 0.752. The fourth-order valence-electron chi connectivity index (χ4n) is 1.37. The van der Waals surface area contributed by atoms with Gasteiger partial charge in [-0.3, -0.25) is 14.9 Å². The van der Waals surface area contributed by atoms with Crippen molar-refractivity contribution in [2.24, 2.45) is 0 Å². The number of carboxylic acid groups (broad SMARTS) is 1. The molecule has 10 heteroatoms. The van der Waals surface area contributed by atoms with Crippen molar-refractivity contribution >= 4 is 45.3 Å². The number of carbonyl (C=O) groups is 2. The molecule has 0 bridgehead atoms. The summed E-state index contributed by atoms with van der Waals surface area (Å²) >= 11 is 3.75. The van der Waals surface area contributed by atoms with Crippen molar-refractivity contribution in [3.8, 4) is 0 Å². The van der Waals surface area contributed by atoms with Crippen molar-refractivity contribution < 1.29 is 24.0 Å². The minimum absolute atomic E-state index is 0.0296. The molecular formula is C11H10BrFN2O5S. The van der Waals surface area contributed by atoms with E-state index in [0.29, 0.717) is 0 Å². The molecule has 0 radical (unpaired) electrons. The van der Waals surface area contributed by atoms with E-state index in [0.717, 1.165) is 24.8 Å². The van der Waals surface area contributed by atoms with Crippen molar-refractivity contribution in [1.82, 2.24) is 5.32 Å². The first-order valence-corrected chi connectivity index (χ1v) is 7.26. The molecule has 0 aliphatic carbocycles. The Morgan fingerprint density at radius 1 is 1.57 bits per heavy atom. The molecule has 2 N–H and O–H groups in total. The van der Waals surface area contributed by atoms with Gasteiger partial charge < -0.3 is 10.4 Å². The molecule has 0 aliphatic rings. The van der Waals surface area contributed by atoms with Crippen molar-refractivity contribution in [1.29, 1.82) is 0 Å². The number of amides is 1. The minimum atomic E-state index is -1.26. The maximum absolute atomic E-state index is 13.3. The number of nitro groups is 1. The van der Waals surface area contributed by atoms with Gasteiger partial charge in [-0.25, -0.2) is 9.18 Å². The Morgan fingerprint density at radius 3 is 2.67 bits per heavy atom. The Morgan fingerprint density at radius 2 is 2.19 bits per heavy atom. The lowest BCUT2D eigenvalue weighted by Crippen LogP contribution is -2.41. The van der Waals surface area contributed by atoms with E-state index in [1.54, 1.807) is 0 Å². The second-order valence-corrected chi connectivity index (χ2v) is 5.81. The Balaban J connectivity index is 2.96. The van der Waals surface area contributed by atoms with Crippen LogP contribution in [0.4, 0.5) is 10.1 Å². The summed E-state index contributed by atoms with van der Waals surface area (Å²) in [4.78, 5) is 32.1. The highest BCUT2D eigenvalue weighted by molar-refractivity contribution is 9.10. The van der Waals surface area contributed by atoms with E-state index >= 15 is 0 Å². The number of aliphatic carboxylic acids is 1. The molecular weight excluding hydrogens is 371 g/mol. The van der Waals surface area contributed by atoms with Gasteiger partial charge in [-0.2, -0.15) is 0 Å². The van der Waals surface area contributed by atoms with E-state index in [2.05, 4.69) is 21.2 Å². The molecule has 1 atom stereocenters. The molecule has 1 aromatic carbocycles. The van der Waals surface area contributed by atoms with Crippen molar-refractivity contribution in [3.63, 3.8) is 0 Å². The van der Waals surface area contributed by atoms with Gasteiger partial charge in [-0.05, 0) is 22.0 Å². The van der Waals surface area contributed by atoms with Crippen LogP contribution in [-0.2, 0) is 9.59 Å². The van der Waals surface area contributed by atoms with Crippen LogP contribution in [-0.4, -0.2) is 33.7 Å². The van der Waals surface area contributed by atoms with E-state index in [-0.39, 0.29) is 15.1 Å². The van der Waals surface area contributed by atoms with E-state index in [4.69, 9.17) is 5.11 Å². The zero-order chi connectivity index (χ0) is 16.2. The minimum Gasteiger partial charge on any atom is -0.480 e.